The van der Waals surface area contributed by atoms with Gasteiger partial charge in [0.15, 0.2) is 0 Å². The topological polar surface area (TPSA) is 75.0 Å². The first-order valence-electron chi connectivity index (χ1n) is 11.8. The minimum atomic E-state index is -0.470. The van der Waals surface area contributed by atoms with Gasteiger partial charge >= 0.3 is 0 Å². The summed E-state index contributed by atoms with van der Waals surface area (Å²) in [6.45, 7) is 1.00. The number of primary amides is 1. The molecule has 5 nitrogen and oxygen atoms in total. The maximum atomic E-state index is 11.7. The van der Waals surface area contributed by atoms with Gasteiger partial charge in [-0.3, -0.25) is 9.69 Å². The monoisotopic (exact) mass is 438 g/mol. The van der Waals surface area contributed by atoms with Gasteiger partial charge < -0.3 is 10.7 Å². The van der Waals surface area contributed by atoms with Gasteiger partial charge in [-0.2, -0.15) is 0 Å². The summed E-state index contributed by atoms with van der Waals surface area (Å²) in [7, 11) is 2.26. The van der Waals surface area contributed by atoms with E-state index in [1.165, 1.54) is 48.8 Å². The van der Waals surface area contributed by atoms with Gasteiger partial charge in [0.25, 0.3) is 5.91 Å². The minimum Gasteiger partial charge on any atom is -0.366 e. The van der Waals surface area contributed by atoms with Gasteiger partial charge in [-0.05, 0) is 48.7 Å². The fraction of sp³-hybridized carbons (Fsp3) is 0.286. The second-order valence-corrected chi connectivity index (χ2v) is 9.13. The van der Waals surface area contributed by atoms with Gasteiger partial charge in [0, 0.05) is 18.2 Å². The number of rotatable bonds is 6. The van der Waals surface area contributed by atoms with E-state index in [9.17, 15) is 4.79 Å². The summed E-state index contributed by atoms with van der Waals surface area (Å²) in [5.41, 5.74) is 12.0. The van der Waals surface area contributed by atoms with E-state index in [0.717, 1.165) is 29.5 Å². The molecule has 0 unspecified atom stereocenters. The maximum absolute atomic E-state index is 11.7. The number of H-pyrrole nitrogens is 1. The number of para-hydroxylation sites is 1. The van der Waals surface area contributed by atoms with Crippen LogP contribution in [0.15, 0.2) is 66.7 Å². The molecule has 0 spiro atoms. The summed E-state index contributed by atoms with van der Waals surface area (Å²) in [6.07, 6.45) is 6.78. The highest BCUT2D eigenvalue weighted by Crippen LogP contribution is 2.27. The van der Waals surface area contributed by atoms with Crippen molar-refractivity contribution in [2.24, 2.45) is 5.73 Å². The number of amides is 1. The Labute approximate surface area is 194 Å². The Balaban J connectivity index is 1.31. The summed E-state index contributed by atoms with van der Waals surface area (Å²) < 4.78 is 0. The van der Waals surface area contributed by atoms with Crippen molar-refractivity contribution in [2.45, 2.75) is 44.7 Å². The molecule has 1 amide bonds. The largest absolute Gasteiger partial charge is 0.366 e. The van der Waals surface area contributed by atoms with Gasteiger partial charge in [0.1, 0.15) is 11.3 Å². The summed E-state index contributed by atoms with van der Waals surface area (Å²) in [6, 6.07) is 23.4. The van der Waals surface area contributed by atoms with Crippen molar-refractivity contribution in [3.05, 3.63) is 77.9 Å². The zero-order chi connectivity index (χ0) is 22.8. The lowest BCUT2D eigenvalue weighted by atomic mass is 9.94. The molecule has 4 aromatic rings. The molecule has 1 aliphatic carbocycles. The minimum absolute atomic E-state index is 0.431. The second-order valence-electron chi connectivity index (χ2n) is 9.13. The van der Waals surface area contributed by atoms with E-state index in [0.29, 0.717) is 11.1 Å². The maximum Gasteiger partial charge on any atom is 0.250 e. The van der Waals surface area contributed by atoms with Crippen LogP contribution in [0, 0.1) is 0 Å². The van der Waals surface area contributed by atoms with Crippen LogP contribution in [0.4, 0.5) is 0 Å². The SMILES string of the molecule is CN(Cc1ccc(-c2ccc(-c3nc4c(C(N)=O)cccc4[nH]3)cc2)cc1)C1CCCCC1. The quantitative estimate of drug-likeness (QED) is 0.402. The summed E-state index contributed by atoms with van der Waals surface area (Å²) >= 11 is 0. The van der Waals surface area contributed by atoms with Gasteiger partial charge in [0.05, 0.1) is 11.1 Å². The first-order chi connectivity index (χ1) is 16.1. The van der Waals surface area contributed by atoms with Crippen LogP contribution in [0.5, 0.6) is 0 Å². The predicted octanol–water partition coefficient (Wildman–Crippen LogP) is 5.76. The zero-order valence-corrected chi connectivity index (χ0v) is 19.1. The molecule has 1 heterocycles. The molecule has 168 valence electrons. The first-order valence-corrected chi connectivity index (χ1v) is 11.8. The van der Waals surface area contributed by atoms with Crippen LogP contribution in [0.1, 0.15) is 48.0 Å². The lowest BCUT2D eigenvalue weighted by molar-refractivity contribution is 0.100. The van der Waals surface area contributed by atoms with E-state index < -0.39 is 5.91 Å². The van der Waals surface area contributed by atoms with Crippen molar-refractivity contribution < 1.29 is 4.79 Å². The standard InChI is InChI=1S/C28H30N4O/c1-32(23-6-3-2-4-7-23)18-19-10-12-20(13-11-19)21-14-16-22(17-15-21)28-30-25-9-5-8-24(27(29)33)26(25)31-28/h5,8-17,23H,2-4,6-7,18H2,1H3,(H2,29,33)(H,30,31). The number of benzene rings is 3. The van der Waals surface area contributed by atoms with Crippen LogP contribution in [-0.4, -0.2) is 33.9 Å². The molecule has 1 fully saturated rings. The molecule has 5 rings (SSSR count). The van der Waals surface area contributed by atoms with Gasteiger partial charge in [-0.25, -0.2) is 4.98 Å². The smallest absolute Gasteiger partial charge is 0.250 e. The lowest BCUT2D eigenvalue weighted by Crippen LogP contribution is -2.32. The molecule has 1 saturated carbocycles. The number of nitrogens with one attached hydrogen (secondary N) is 1. The van der Waals surface area contributed by atoms with Gasteiger partial charge in [-0.1, -0.05) is 73.9 Å². The van der Waals surface area contributed by atoms with E-state index in [1.807, 2.05) is 12.1 Å². The number of aromatic nitrogens is 2. The molecule has 0 radical (unpaired) electrons. The Bertz CT molecular complexity index is 1250. The van der Waals surface area contributed by atoms with Crippen molar-refractivity contribution in [1.29, 1.82) is 0 Å². The molecule has 0 atom stereocenters. The number of nitrogens with two attached hydrogens (primary N) is 1. The average Bonchev–Trinajstić information content (AvgIpc) is 3.29. The van der Waals surface area contributed by atoms with Crippen LogP contribution in [0.3, 0.4) is 0 Å². The van der Waals surface area contributed by atoms with E-state index in [-0.39, 0.29) is 0 Å². The van der Waals surface area contributed by atoms with E-state index in [4.69, 9.17) is 5.73 Å². The van der Waals surface area contributed by atoms with Crippen LogP contribution >= 0.6 is 0 Å². The second kappa shape index (κ2) is 9.20. The third-order valence-electron chi connectivity index (χ3n) is 6.85. The highest BCUT2D eigenvalue weighted by molar-refractivity contribution is 6.04. The van der Waals surface area contributed by atoms with Crippen LogP contribution < -0.4 is 5.73 Å². The Kier molecular flexibility index (Phi) is 5.97. The number of hydrogen-bond donors (Lipinski definition) is 2. The van der Waals surface area contributed by atoms with Crippen molar-refractivity contribution in [1.82, 2.24) is 14.9 Å². The molecule has 0 saturated heterocycles. The van der Waals surface area contributed by atoms with Crippen LogP contribution in [-0.2, 0) is 6.54 Å². The number of carbonyl (C=O) groups is 1. The van der Waals surface area contributed by atoms with E-state index >= 15 is 0 Å². The number of aromatic amines is 1. The third-order valence-corrected chi connectivity index (χ3v) is 6.85. The molecule has 3 aromatic carbocycles. The normalized spacial score (nSPS) is 14.7. The van der Waals surface area contributed by atoms with Crippen LogP contribution in [0.25, 0.3) is 33.5 Å². The third kappa shape index (κ3) is 4.55. The van der Waals surface area contributed by atoms with Gasteiger partial charge in [-0.15, -0.1) is 0 Å². The number of fused-ring (bicyclic) bond motifs is 1. The highest BCUT2D eigenvalue weighted by Gasteiger charge is 2.18. The zero-order valence-electron chi connectivity index (χ0n) is 19.1. The van der Waals surface area contributed by atoms with Crippen molar-refractivity contribution in [3.63, 3.8) is 0 Å². The van der Waals surface area contributed by atoms with Crippen molar-refractivity contribution in [2.75, 3.05) is 7.05 Å². The molecule has 1 aliphatic rings. The summed E-state index contributed by atoms with van der Waals surface area (Å²) in [5, 5.41) is 0. The number of imidazole rings is 1. The molecule has 3 N–H and O–H groups in total. The van der Waals surface area contributed by atoms with Crippen LogP contribution in [0.2, 0.25) is 0 Å². The van der Waals surface area contributed by atoms with Gasteiger partial charge in [0.2, 0.25) is 0 Å². The Morgan fingerprint density at radius 3 is 2.24 bits per heavy atom. The number of carbonyl (C=O) groups excluding carboxylic acids is 1. The molecule has 1 aromatic heterocycles. The molecule has 5 heteroatoms. The number of nitrogens with zero attached hydrogens (tertiary/aromatic N) is 2. The summed E-state index contributed by atoms with van der Waals surface area (Å²) in [4.78, 5) is 22.1. The number of hydrogen-bond acceptors (Lipinski definition) is 3. The molecular weight excluding hydrogens is 408 g/mol. The Morgan fingerprint density at radius 1 is 0.939 bits per heavy atom. The Hall–Kier alpha value is -3.44. The predicted molar refractivity (Wildman–Crippen MR) is 134 cm³/mol. The van der Waals surface area contributed by atoms with E-state index in [1.54, 1.807) is 6.07 Å². The summed E-state index contributed by atoms with van der Waals surface area (Å²) in [5.74, 6) is 0.258. The molecule has 33 heavy (non-hydrogen) atoms. The molecular formula is C28H30N4O. The molecule has 0 bridgehead atoms. The average molecular weight is 439 g/mol. The molecule has 0 aliphatic heterocycles. The lowest BCUT2D eigenvalue weighted by Gasteiger charge is -2.31. The fourth-order valence-corrected chi connectivity index (χ4v) is 4.93. The van der Waals surface area contributed by atoms with Crippen molar-refractivity contribution in [3.8, 4) is 22.5 Å². The first kappa shape index (κ1) is 21.4. The highest BCUT2D eigenvalue weighted by atomic mass is 16.1. The Morgan fingerprint density at radius 2 is 1.58 bits per heavy atom. The van der Waals surface area contributed by atoms with E-state index in [2.05, 4.69) is 70.4 Å². The van der Waals surface area contributed by atoms with Crippen molar-refractivity contribution >= 4 is 16.9 Å². The fourth-order valence-electron chi connectivity index (χ4n) is 4.93.